The number of fused-ring (bicyclic) bond motifs is 1. The molecule has 6 aliphatic rings. The van der Waals surface area contributed by atoms with E-state index in [2.05, 4.69) is 26.8 Å². The average molecular weight is 575 g/mol. The van der Waals surface area contributed by atoms with Crippen molar-refractivity contribution in [2.45, 2.75) is 80.3 Å². The molecule has 0 amide bonds. The molecule has 1 spiro atoms. The van der Waals surface area contributed by atoms with E-state index in [0.717, 1.165) is 19.3 Å². The van der Waals surface area contributed by atoms with Gasteiger partial charge in [-0.05, 0) is 62.2 Å². The molecule has 33 heavy (non-hydrogen) atoms. The molecule has 0 aliphatic heterocycles. The largest absolute Gasteiger partial charge is 0.481 e. The minimum atomic E-state index is -1.65. The monoisotopic (exact) mass is 572 g/mol. The van der Waals surface area contributed by atoms with Gasteiger partial charge in [-0.25, -0.2) is 0 Å². The number of aliphatic carboxylic acids is 1. The number of carboxylic acids is 1. The van der Waals surface area contributed by atoms with Crippen LogP contribution in [0.4, 0.5) is 0 Å². The van der Waals surface area contributed by atoms with Crippen LogP contribution in [0.2, 0.25) is 0 Å². The first kappa shape index (κ1) is 25.3. The molecule has 0 unspecified atom stereocenters. The summed E-state index contributed by atoms with van der Waals surface area (Å²) >= 11 is 42.8. The molecule has 1 N–H and O–H groups in total. The van der Waals surface area contributed by atoms with Crippen molar-refractivity contribution in [3.8, 4) is 0 Å². The molecule has 8 heteroatoms. The first-order valence-electron chi connectivity index (χ1n) is 11.8. The summed E-state index contributed by atoms with van der Waals surface area (Å²) < 4.78 is -1.65. The van der Waals surface area contributed by atoms with Crippen LogP contribution >= 0.6 is 69.6 Å². The second kappa shape index (κ2) is 7.16. The van der Waals surface area contributed by atoms with Gasteiger partial charge in [0, 0.05) is 11.3 Å². The molecule has 6 aliphatic carbocycles. The van der Waals surface area contributed by atoms with Crippen LogP contribution in [0.5, 0.6) is 0 Å². The Labute approximate surface area is 226 Å². The predicted octanol–water partition coefficient (Wildman–Crippen LogP) is 8.73. The van der Waals surface area contributed by atoms with E-state index in [1.54, 1.807) is 0 Å². The lowest BCUT2D eigenvalue weighted by molar-refractivity contribution is -0.187. The number of carbonyl (C=O) groups is 1. The number of rotatable bonds is 2. The molecule has 0 aromatic rings. The van der Waals surface area contributed by atoms with E-state index >= 15 is 0 Å². The van der Waals surface area contributed by atoms with Gasteiger partial charge in [0.05, 0.1) is 15.5 Å². The van der Waals surface area contributed by atoms with Gasteiger partial charge in [-0.3, -0.25) is 4.79 Å². The maximum atomic E-state index is 12.5. The molecule has 2 nitrogen and oxygen atoms in total. The number of alkyl halides is 4. The Morgan fingerprint density at radius 2 is 1.67 bits per heavy atom. The molecule has 8 atom stereocenters. The van der Waals surface area contributed by atoms with Gasteiger partial charge in [0.2, 0.25) is 0 Å². The van der Waals surface area contributed by atoms with Crippen molar-refractivity contribution < 1.29 is 9.90 Å². The molecule has 0 saturated heterocycles. The maximum Gasteiger partial charge on any atom is 0.309 e. The highest BCUT2D eigenvalue weighted by Gasteiger charge is 2.86. The third-order valence-electron chi connectivity index (χ3n) is 10.5. The highest BCUT2D eigenvalue weighted by atomic mass is 35.5. The Balaban J connectivity index is 1.78. The van der Waals surface area contributed by atoms with Crippen LogP contribution in [0.1, 0.15) is 66.2 Å². The van der Waals surface area contributed by atoms with Crippen molar-refractivity contribution in [1.82, 2.24) is 0 Å². The summed E-state index contributed by atoms with van der Waals surface area (Å²) in [4.78, 5) is 9.92. The summed E-state index contributed by atoms with van der Waals surface area (Å²) in [5.41, 5.74) is -0.445. The van der Waals surface area contributed by atoms with E-state index in [1.807, 2.05) is 6.92 Å². The van der Waals surface area contributed by atoms with E-state index in [4.69, 9.17) is 69.6 Å². The van der Waals surface area contributed by atoms with Gasteiger partial charge in [-0.1, -0.05) is 85.2 Å². The summed E-state index contributed by atoms with van der Waals surface area (Å²) in [7, 11) is 0. The second-order valence-electron chi connectivity index (χ2n) is 11.9. The first-order valence-corrected chi connectivity index (χ1v) is 14.1. The molecule has 3 saturated carbocycles. The van der Waals surface area contributed by atoms with Crippen LogP contribution in [0.15, 0.2) is 21.7 Å². The van der Waals surface area contributed by atoms with Gasteiger partial charge in [0.1, 0.15) is 9.75 Å². The fourth-order valence-electron chi connectivity index (χ4n) is 9.13. The highest BCUT2D eigenvalue weighted by molar-refractivity contribution is 6.65. The van der Waals surface area contributed by atoms with Gasteiger partial charge in [-0.15, -0.1) is 23.2 Å². The summed E-state index contributed by atoms with van der Waals surface area (Å²) in [6.45, 7) is 8.50. The minimum Gasteiger partial charge on any atom is -0.481 e. The van der Waals surface area contributed by atoms with Crippen LogP contribution in [0, 0.1) is 39.9 Å². The Morgan fingerprint density at radius 1 is 1.03 bits per heavy atom. The summed E-state index contributed by atoms with van der Waals surface area (Å²) in [5.74, 6) is -0.540. The Kier molecular flexibility index (Phi) is 5.50. The van der Waals surface area contributed by atoms with Crippen LogP contribution in [0.3, 0.4) is 0 Å². The number of halogens is 6. The quantitative estimate of drug-likeness (QED) is 0.264. The van der Waals surface area contributed by atoms with E-state index in [9.17, 15) is 9.90 Å². The van der Waals surface area contributed by atoms with E-state index < -0.39 is 30.9 Å². The van der Waals surface area contributed by atoms with E-state index in [-0.39, 0.29) is 39.2 Å². The SMILES string of the molecule is CC(C)C1=C[C@@]23CC[C@H]4[C@](C)(CCC[C@@]4(C)C(=O)O)[C@@H]2C[C@H]1[C@]1(Cl)C(Cl)=C(Cl)C(Cl)(Cl)[C@]13Cl. The summed E-state index contributed by atoms with van der Waals surface area (Å²) in [5, 5.41) is 10.6. The minimum absolute atomic E-state index is 0.0347. The van der Waals surface area contributed by atoms with Crippen LogP contribution in [-0.2, 0) is 4.79 Å². The molecule has 0 heterocycles. The van der Waals surface area contributed by atoms with Gasteiger partial charge in [0.25, 0.3) is 0 Å². The van der Waals surface area contributed by atoms with Gasteiger partial charge < -0.3 is 5.11 Å². The molecule has 184 valence electrons. The molecule has 0 aromatic heterocycles. The van der Waals surface area contributed by atoms with Crippen molar-refractivity contribution in [3.05, 3.63) is 21.7 Å². The normalized spacial score (nSPS) is 52.3. The molecular formula is C25H30Cl6O2. The fraction of sp³-hybridized carbons (Fsp3) is 0.800. The molecular weight excluding hydrogens is 545 g/mol. The third-order valence-corrected chi connectivity index (χ3v) is 14.8. The fourth-order valence-corrected chi connectivity index (χ4v) is 12.2. The lowest BCUT2D eigenvalue weighted by atomic mass is 9.34. The average Bonchev–Trinajstić information content (AvgIpc) is 2.85. The van der Waals surface area contributed by atoms with Crippen molar-refractivity contribution in [1.29, 1.82) is 0 Å². The van der Waals surface area contributed by atoms with Crippen molar-refractivity contribution >= 4 is 75.6 Å². The number of hydrogen-bond donors (Lipinski definition) is 1. The number of allylic oxidation sites excluding steroid dienone is 4. The van der Waals surface area contributed by atoms with Crippen molar-refractivity contribution in [2.24, 2.45) is 39.9 Å². The first-order chi connectivity index (χ1) is 15.1. The zero-order valence-electron chi connectivity index (χ0n) is 19.3. The molecule has 2 bridgehead atoms. The third kappa shape index (κ3) is 2.51. The van der Waals surface area contributed by atoms with Crippen LogP contribution in [-0.4, -0.2) is 25.2 Å². The van der Waals surface area contributed by atoms with Crippen molar-refractivity contribution in [2.75, 3.05) is 0 Å². The maximum absolute atomic E-state index is 12.5. The molecule has 3 fully saturated rings. The van der Waals surface area contributed by atoms with E-state index in [0.29, 0.717) is 19.3 Å². The molecule has 0 radical (unpaired) electrons. The van der Waals surface area contributed by atoms with Crippen LogP contribution < -0.4 is 0 Å². The number of carboxylic acid groups (broad SMARTS) is 1. The zero-order chi connectivity index (χ0) is 24.6. The predicted molar refractivity (Wildman–Crippen MR) is 138 cm³/mol. The Bertz CT molecular complexity index is 1000. The molecule has 6 rings (SSSR count). The summed E-state index contributed by atoms with van der Waals surface area (Å²) in [6, 6.07) is 0. The molecule has 0 aromatic carbocycles. The lowest BCUT2D eigenvalue weighted by Crippen LogP contribution is -2.76. The summed E-state index contributed by atoms with van der Waals surface area (Å²) in [6.07, 6.45) is 6.95. The van der Waals surface area contributed by atoms with Gasteiger partial charge in [0.15, 0.2) is 4.33 Å². The zero-order valence-corrected chi connectivity index (χ0v) is 23.8. The second-order valence-corrected chi connectivity index (χ2v) is 15.2. The highest BCUT2D eigenvalue weighted by Crippen LogP contribution is 2.84. The van der Waals surface area contributed by atoms with Gasteiger partial charge >= 0.3 is 5.97 Å². The van der Waals surface area contributed by atoms with Gasteiger partial charge in [-0.2, -0.15) is 0 Å². The van der Waals surface area contributed by atoms with Crippen molar-refractivity contribution in [3.63, 3.8) is 0 Å². The Hall–Kier alpha value is 0.690. The topological polar surface area (TPSA) is 37.3 Å². The number of hydrogen-bond acceptors (Lipinski definition) is 1. The smallest absolute Gasteiger partial charge is 0.309 e. The lowest BCUT2D eigenvalue weighted by Gasteiger charge is -2.74. The van der Waals surface area contributed by atoms with E-state index in [1.165, 1.54) is 5.57 Å². The van der Waals surface area contributed by atoms with Crippen LogP contribution in [0.25, 0.3) is 0 Å². The Morgan fingerprint density at radius 3 is 2.24 bits per heavy atom. The standard InChI is InChI=1S/C25H30Cl6O2/c1-12(2)13-11-22-9-6-15-20(3,7-5-8-21(15,4)19(32)33)16(22)10-14(13)23(28)17(26)18(27)24(29,30)25(22,23)31/h11-12,14-16H,5-10H2,1-4H3,(H,32,33)/t14-,15+,16+,20+,21-,22+,23+,25-/m1/s1.